The fourth-order valence-corrected chi connectivity index (χ4v) is 1.71. The molecule has 0 unspecified atom stereocenters. The minimum Gasteiger partial charge on any atom is -0.332 e. The van der Waals surface area contributed by atoms with Gasteiger partial charge in [0, 0.05) is 12.7 Å². The summed E-state index contributed by atoms with van der Waals surface area (Å²) < 4.78 is 0. The molecule has 2 rings (SSSR count). The lowest BCUT2D eigenvalue weighted by molar-refractivity contribution is 0.0743. The summed E-state index contributed by atoms with van der Waals surface area (Å²) in [4.78, 5) is 18.1. The summed E-state index contributed by atoms with van der Waals surface area (Å²) in [6, 6.07) is 8.73. The van der Waals surface area contributed by atoms with Gasteiger partial charge in [0.1, 0.15) is 0 Å². The van der Waals surface area contributed by atoms with Gasteiger partial charge in [-0.25, -0.2) is 0 Å². The van der Waals surface area contributed by atoms with Gasteiger partial charge >= 0.3 is 0 Å². The van der Waals surface area contributed by atoms with Crippen molar-refractivity contribution in [1.29, 1.82) is 0 Å². The molecule has 0 N–H and O–H groups in total. The molecule has 0 bridgehead atoms. The van der Waals surface area contributed by atoms with Gasteiger partial charge in [-0.3, -0.25) is 9.78 Å². The maximum Gasteiger partial charge on any atom is 0.274 e. The van der Waals surface area contributed by atoms with Crippen LogP contribution in [0.1, 0.15) is 23.1 Å². The SMILES string of the molecule is CCN(Cc1ccccn1)C(=O)c1ccc(Cl)nn1. The Morgan fingerprint density at radius 1 is 1.26 bits per heavy atom. The van der Waals surface area contributed by atoms with Gasteiger partial charge < -0.3 is 4.90 Å². The minimum atomic E-state index is -0.183. The second-order valence-electron chi connectivity index (χ2n) is 3.88. The van der Waals surface area contributed by atoms with E-state index in [9.17, 15) is 4.79 Å². The van der Waals surface area contributed by atoms with Crippen LogP contribution in [0.25, 0.3) is 0 Å². The summed E-state index contributed by atoms with van der Waals surface area (Å²) in [6.07, 6.45) is 1.70. The van der Waals surface area contributed by atoms with Crippen LogP contribution in [0, 0.1) is 0 Å². The minimum absolute atomic E-state index is 0.183. The maximum atomic E-state index is 12.2. The number of hydrogen-bond donors (Lipinski definition) is 0. The lowest BCUT2D eigenvalue weighted by Gasteiger charge is -2.19. The largest absolute Gasteiger partial charge is 0.332 e. The highest BCUT2D eigenvalue weighted by Crippen LogP contribution is 2.08. The van der Waals surface area contributed by atoms with Crippen molar-refractivity contribution in [2.45, 2.75) is 13.5 Å². The second-order valence-corrected chi connectivity index (χ2v) is 4.27. The highest BCUT2D eigenvalue weighted by atomic mass is 35.5. The van der Waals surface area contributed by atoms with Gasteiger partial charge in [0.25, 0.3) is 5.91 Å². The molecule has 2 aromatic heterocycles. The molecule has 2 heterocycles. The van der Waals surface area contributed by atoms with Gasteiger partial charge in [-0.2, -0.15) is 0 Å². The fourth-order valence-electron chi connectivity index (χ4n) is 1.61. The second kappa shape index (κ2) is 6.24. The van der Waals surface area contributed by atoms with E-state index < -0.39 is 0 Å². The van der Waals surface area contributed by atoms with Crippen molar-refractivity contribution in [2.75, 3.05) is 6.54 Å². The summed E-state index contributed by atoms with van der Waals surface area (Å²) in [5.74, 6) is -0.183. The zero-order valence-corrected chi connectivity index (χ0v) is 11.2. The van der Waals surface area contributed by atoms with Crippen molar-refractivity contribution in [3.05, 3.63) is 53.1 Å². The Kier molecular flexibility index (Phi) is 4.41. The topological polar surface area (TPSA) is 59.0 Å². The van der Waals surface area contributed by atoms with E-state index in [4.69, 9.17) is 11.6 Å². The summed E-state index contributed by atoms with van der Waals surface area (Å²) >= 11 is 5.65. The van der Waals surface area contributed by atoms with Crippen LogP contribution in [0.4, 0.5) is 0 Å². The molecule has 98 valence electrons. The number of nitrogens with zero attached hydrogens (tertiary/aromatic N) is 4. The third-order valence-electron chi connectivity index (χ3n) is 2.60. The Hall–Kier alpha value is -2.01. The number of carbonyl (C=O) groups excluding carboxylic acids is 1. The van der Waals surface area contributed by atoms with E-state index in [0.717, 1.165) is 5.69 Å². The first-order chi connectivity index (χ1) is 9.20. The van der Waals surface area contributed by atoms with Crippen molar-refractivity contribution < 1.29 is 4.79 Å². The summed E-state index contributed by atoms with van der Waals surface area (Å²) in [5.41, 5.74) is 1.11. The molecule has 0 saturated heterocycles. The molecule has 0 aliphatic rings. The van der Waals surface area contributed by atoms with E-state index in [1.165, 1.54) is 0 Å². The molecule has 0 spiro atoms. The summed E-state index contributed by atoms with van der Waals surface area (Å²) in [6.45, 7) is 2.92. The molecule has 2 aromatic rings. The van der Waals surface area contributed by atoms with Crippen molar-refractivity contribution in [2.24, 2.45) is 0 Å². The summed E-state index contributed by atoms with van der Waals surface area (Å²) in [5, 5.41) is 7.74. The number of pyridine rings is 1. The van der Waals surface area contributed by atoms with Crippen LogP contribution in [-0.2, 0) is 6.54 Å². The van der Waals surface area contributed by atoms with Gasteiger partial charge in [-0.05, 0) is 31.2 Å². The van der Waals surface area contributed by atoms with E-state index in [1.54, 1.807) is 23.2 Å². The van der Waals surface area contributed by atoms with Gasteiger partial charge in [0.2, 0.25) is 0 Å². The third-order valence-corrected chi connectivity index (χ3v) is 2.80. The van der Waals surface area contributed by atoms with Crippen LogP contribution in [0.3, 0.4) is 0 Å². The lowest BCUT2D eigenvalue weighted by atomic mass is 10.3. The summed E-state index contributed by atoms with van der Waals surface area (Å²) in [7, 11) is 0. The molecule has 0 saturated carbocycles. The quantitative estimate of drug-likeness (QED) is 0.859. The predicted molar refractivity (Wildman–Crippen MR) is 71.7 cm³/mol. The number of aromatic nitrogens is 3. The van der Waals surface area contributed by atoms with Gasteiger partial charge in [-0.1, -0.05) is 17.7 Å². The Labute approximate surface area is 116 Å². The average molecular weight is 277 g/mol. The molecule has 1 amide bonds. The van der Waals surface area contributed by atoms with E-state index in [0.29, 0.717) is 13.1 Å². The normalized spacial score (nSPS) is 10.2. The van der Waals surface area contributed by atoms with Crippen molar-refractivity contribution in [1.82, 2.24) is 20.1 Å². The highest BCUT2D eigenvalue weighted by Gasteiger charge is 2.16. The van der Waals surface area contributed by atoms with Crippen LogP contribution in [0.2, 0.25) is 5.15 Å². The predicted octanol–water partition coefficient (Wildman–Crippen LogP) is 2.19. The average Bonchev–Trinajstić information content (AvgIpc) is 2.46. The first-order valence-electron chi connectivity index (χ1n) is 5.89. The van der Waals surface area contributed by atoms with Gasteiger partial charge in [-0.15, -0.1) is 10.2 Å². The fraction of sp³-hybridized carbons (Fsp3) is 0.231. The van der Waals surface area contributed by atoms with E-state index in [-0.39, 0.29) is 16.8 Å². The molecular weight excluding hydrogens is 264 g/mol. The number of carbonyl (C=O) groups is 1. The molecule has 0 aliphatic heterocycles. The van der Waals surface area contributed by atoms with E-state index in [1.807, 2.05) is 25.1 Å². The number of halogens is 1. The molecule has 0 radical (unpaired) electrons. The van der Waals surface area contributed by atoms with Crippen molar-refractivity contribution in [3.63, 3.8) is 0 Å². The Balaban J connectivity index is 2.13. The van der Waals surface area contributed by atoms with Crippen molar-refractivity contribution >= 4 is 17.5 Å². The molecule has 0 aliphatic carbocycles. The molecule has 19 heavy (non-hydrogen) atoms. The van der Waals surface area contributed by atoms with Crippen LogP contribution in [0.15, 0.2) is 36.5 Å². The lowest BCUT2D eigenvalue weighted by Crippen LogP contribution is -2.31. The number of amides is 1. The zero-order chi connectivity index (χ0) is 13.7. The highest BCUT2D eigenvalue weighted by molar-refractivity contribution is 6.29. The maximum absolute atomic E-state index is 12.2. The molecule has 6 heteroatoms. The first kappa shape index (κ1) is 13.4. The van der Waals surface area contributed by atoms with Crippen molar-refractivity contribution in [3.8, 4) is 0 Å². The monoisotopic (exact) mass is 276 g/mol. The molecule has 0 aromatic carbocycles. The molecule has 0 atom stereocenters. The standard InChI is InChI=1S/C13H13ClN4O/c1-2-18(9-10-5-3-4-8-15-10)13(19)11-6-7-12(14)17-16-11/h3-8H,2,9H2,1H3. The molecular formula is C13H13ClN4O. The Morgan fingerprint density at radius 2 is 2.11 bits per heavy atom. The number of rotatable bonds is 4. The van der Waals surface area contributed by atoms with Crippen LogP contribution in [0.5, 0.6) is 0 Å². The molecule has 0 fully saturated rings. The van der Waals surface area contributed by atoms with Crippen LogP contribution < -0.4 is 0 Å². The van der Waals surface area contributed by atoms with Gasteiger partial charge in [0.05, 0.1) is 12.2 Å². The van der Waals surface area contributed by atoms with Crippen LogP contribution >= 0.6 is 11.6 Å². The number of hydrogen-bond acceptors (Lipinski definition) is 4. The Morgan fingerprint density at radius 3 is 2.68 bits per heavy atom. The Bertz CT molecular complexity index is 544. The zero-order valence-electron chi connectivity index (χ0n) is 10.5. The van der Waals surface area contributed by atoms with Crippen LogP contribution in [-0.4, -0.2) is 32.5 Å². The first-order valence-corrected chi connectivity index (χ1v) is 6.27. The van der Waals surface area contributed by atoms with E-state index >= 15 is 0 Å². The van der Waals surface area contributed by atoms with E-state index in [2.05, 4.69) is 15.2 Å². The smallest absolute Gasteiger partial charge is 0.274 e. The van der Waals surface area contributed by atoms with Gasteiger partial charge in [0.15, 0.2) is 10.8 Å². The molecule has 5 nitrogen and oxygen atoms in total. The third kappa shape index (κ3) is 3.48.